The van der Waals surface area contributed by atoms with Crippen LogP contribution >= 0.6 is 0 Å². The second-order valence-electron chi connectivity index (χ2n) is 8.25. The number of anilines is 1. The van der Waals surface area contributed by atoms with Gasteiger partial charge in [-0.1, -0.05) is 0 Å². The van der Waals surface area contributed by atoms with Crippen LogP contribution in [0.3, 0.4) is 0 Å². The van der Waals surface area contributed by atoms with Gasteiger partial charge in [0.05, 0.1) is 31.2 Å². The Hall–Kier alpha value is -4.22. The highest BCUT2D eigenvalue weighted by Gasteiger charge is 2.35. The maximum atomic E-state index is 14.9. The number of rotatable bonds is 1. The molecule has 1 aromatic carbocycles. The first-order chi connectivity index (χ1) is 16.3. The predicted molar refractivity (Wildman–Crippen MR) is 118 cm³/mol. The number of ether oxygens (including phenoxy) is 2. The van der Waals surface area contributed by atoms with Crippen molar-refractivity contribution in [1.82, 2.24) is 19.5 Å². The molecule has 1 N–H and O–H groups in total. The van der Waals surface area contributed by atoms with Gasteiger partial charge in [0.2, 0.25) is 0 Å². The van der Waals surface area contributed by atoms with Crippen LogP contribution in [0.1, 0.15) is 34.3 Å². The number of benzene rings is 1. The molecular formula is C22H21FN6O5. The van der Waals surface area contributed by atoms with Crippen LogP contribution in [0.25, 0.3) is 5.65 Å². The SMILES string of the molecule is C/C(=N/C(=O)c1cc2c(n3cnnc13)N(C(=O)O)Cc1c(F)ccc3c1[C@@H](CO3)CO2)N(C)C. The van der Waals surface area contributed by atoms with Crippen LogP contribution in [-0.2, 0) is 6.54 Å². The molecule has 0 unspecified atom stereocenters. The Bertz CT molecular complexity index is 1370. The van der Waals surface area contributed by atoms with Crippen molar-refractivity contribution in [3.8, 4) is 11.5 Å². The van der Waals surface area contributed by atoms with Crippen molar-refractivity contribution in [3.63, 3.8) is 0 Å². The lowest BCUT2D eigenvalue weighted by Crippen LogP contribution is -2.31. The van der Waals surface area contributed by atoms with E-state index in [1.165, 1.54) is 28.9 Å². The van der Waals surface area contributed by atoms with Gasteiger partial charge in [-0.2, -0.15) is 4.99 Å². The number of amides is 2. The quantitative estimate of drug-likeness (QED) is 0.427. The number of fused-ring (bicyclic) bond motifs is 3. The number of hydrogen-bond acceptors (Lipinski definition) is 6. The Morgan fingerprint density at radius 1 is 1.24 bits per heavy atom. The van der Waals surface area contributed by atoms with Crippen molar-refractivity contribution in [2.75, 3.05) is 32.2 Å². The first-order valence-electron chi connectivity index (χ1n) is 10.5. The maximum absolute atomic E-state index is 14.9. The summed E-state index contributed by atoms with van der Waals surface area (Å²) in [6.45, 7) is 1.74. The number of carbonyl (C=O) groups is 2. The Morgan fingerprint density at radius 3 is 2.68 bits per heavy atom. The molecule has 0 fully saturated rings. The van der Waals surface area contributed by atoms with Gasteiger partial charge < -0.3 is 19.5 Å². The summed E-state index contributed by atoms with van der Waals surface area (Å²) in [5.74, 6) is -0.289. The van der Waals surface area contributed by atoms with Crippen molar-refractivity contribution < 1.29 is 28.6 Å². The fourth-order valence-corrected chi connectivity index (χ4v) is 4.12. The lowest BCUT2D eigenvalue weighted by atomic mass is 9.95. The van der Waals surface area contributed by atoms with Crippen LogP contribution in [0.15, 0.2) is 29.5 Å². The van der Waals surface area contributed by atoms with Gasteiger partial charge in [0.15, 0.2) is 17.2 Å². The minimum atomic E-state index is -1.34. The van der Waals surface area contributed by atoms with Gasteiger partial charge in [-0.05, 0) is 19.1 Å². The van der Waals surface area contributed by atoms with E-state index < -0.39 is 17.8 Å². The highest BCUT2D eigenvalue weighted by molar-refractivity contribution is 6.07. The van der Waals surface area contributed by atoms with Gasteiger partial charge in [-0.15, -0.1) is 10.2 Å². The van der Waals surface area contributed by atoms with E-state index in [2.05, 4.69) is 15.2 Å². The molecule has 0 saturated heterocycles. The number of aliphatic imine (C=N–C) groups is 1. The molecule has 1 atom stereocenters. The summed E-state index contributed by atoms with van der Waals surface area (Å²) in [5.41, 5.74) is 0.997. The topological polar surface area (TPSA) is 122 Å². The average molecular weight is 468 g/mol. The molecule has 5 rings (SSSR count). The molecule has 0 bridgehead atoms. The number of carbonyl (C=O) groups excluding carboxylic acids is 1. The van der Waals surface area contributed by atoms with E-state index in [0.29, 0.717) is 17.1 Å². The Kier molecular flexibility index (Phi) is 5.07. The number of amidine groups is 1. The fourth-order valence-electron chi connectivity index (χ4n) is 4.12. The first kappa shape index (κ1) is 21.6. The van der Waals surface area contributed by atoms with Gasteiger partial charge in [-0.3, -0.25) is 14.1 Å². The second kappa shape index (κ2) is 7.97. The number of nitrogens with zero attached hydrogens (tertiary/aromatic N) is 6. The normalized spacial score (nSPS) is 17.1. The summed E-state index contributed by atoms with van der Waals surface area (Å²) >= 11 is 0. The van der Waals surface area contributed by atoms with E-state index in [1.807, 2.05) is 0 Å². The summed E-state index contributed by atoms with van der Waals surface area (Å²) in [4.78, 5) is 32.1. The number of halogens is 1. The van der Waals surface area contributed by atoms with Gasteiger partial charge in [0.1, 0.15) is 23.7 Å². The summed E-state index contributed by atoms with van der Waals surface area (Å²) in [6.07, 6.45) is -0.0556. The molecule has 3 aromatic rings. The number of hydrogen-bond donors (Lipinski definition) is 1. The lowest BCUT2D eigenvalue weighted by Gasteiger charge is -2.23. The third kappa shape index (κ3) is 3.38. The van der Waals surface area contributed by atoms with Gasteiger partial charge in [-0.25, -0.2) is 9.18 Å². The smallest absolute Gasteiger partial charge is 0.413 e. The van der Waals surface area contributed by atoms with Crippen molar-refractivity contribution in [2.45, 2.75) is 19.4 Å². The monoisotopic (exact) mass is 468 g/mol. The molecule has 0 saturated carbocycles. The highest BCUT2D eigenvalue weighted by Crippen LogP contribution is 2.42. The van der Waals surface area contributed by atoms with Crippen LogP contribution in [0.4, 0.5) is 15.0 Å². The first-order valence-corrected chi connectivity index (χ1v) is 10.5. The van der Waals surface area contributed by atoms with E-state index in [-0.39, 0.29) is 54.0 Å². The van der Waals surface area contributed by atoms with Gasteiger partial charge in [0.25, 0.3) is 5.91 Å². The minimum Gasteiger partial charge on any atom is -0.493 e. The molecule has 0 spiro atoms. The molecule has 2 aromatic heterocycles. The van der Waals surface area contributed by atoms with Crippen LogP contribution in [0.2, 0.25) is 0 Å². The maximum Gasteiger partial charge on any atom is 0.413 e. The second-order valence-corrected chi connectivity index (χ2v) is 8.25. The van der Waals surface area contributed by atoms with Gasteiger partial charge in [0, 0.05) is 31.3 Å². The molecule has 176 valence electrons. The Balaban J connectivity index is 1.72. The molecular weight excluding hydrogens is 447 g/mol. The highest BCUT2D eigenvalue weighted by atomic mass is 19.1. The van der Waals surface area contributed by atoms with E-state index in [9.17, 15) is 19.1 Å². The van der Waals surface area contributed by atoms with E-state index in [1.54, 1.807) is 25.9 Å². The predicted octanol–water partition coefficient (Wildman–Crippen LogP) is 2.54. The number of pyridine rings is 1. The zero-order valence-electron chi connectivity index (χ0n) is 18.6. The van der Waals surface area contributed by atoms with Crippen LogP contribution in [0, 0.1) is 5.82 Å². The van der Waals surface area contributed by atoms with Crippen molar-refractivity contribution in [3.05, 3.63) is 47.0 Å². The van der Waals surface area contributed by atoms with Crippen LogP contribution in [-0.4, -0.2) is 69.7 Å². The molecule has 2 aliphatic heterocycles. The van der Waals surface area contributed by atoms with E-state index >= 15 is 0 Å². The van der Waals surface area contributed by atoms with Crippen LogP contribution < -0.4 is 14.4 Å². The summed E-state index contributed by atoms with van der Waals surface area (Å²) in [7, 11) is 3.51. The zero-order valence-corrected chi connectivity index (χ0v) is 18.6. The van der Waals surface area contributed by atoms with Crippen molar-refractivity contribution in [1.29, 1.82) is 0 Å². The van der Waals surface area contributed by atoms with E-state index in [0.717, 1.165) is 4.90 Å². The molecule has 12 heteroatoms. The average Bonchev–Trinajstić information content (AvgIpc) is 3.44. The number of aromatic nitrogens is 3. The third-order valence-corrected chi connectivity index (χ3v) is 6.00. The van der Waals surface area contributed by atoms with Crippen molar-refractivity contribution >= 4 is 29.3 Å². The fraction of sp³-hybridized carbons (Fsp3) is 0.318. The van der Waals surface area contributed by atoms with Gasteiger partial charge >= 0.3 is 6.09 Å². The molecule has 2 amide bonds. The lowest BCUT2D eigenvalue weighted by molar-refractivity contribution is 0.100. The summed E-state index contributed by atoms with van der Waals surface area (Å²) in [6, 6.07) is 4.20. The molecule has 0 radical (unpaired) electrons. The molecule has 34 heavy (non-hydrogen) atoms. The van der Waals surface area contributed by atoms with Crippen molar-refractivity contribution in [2.24, 2.45) is 4.99 Å². The molecule has 0 aliphatic carbocycles. The number of carboxylic acid groups (broad SMARTS) is 1. The summed E-state index contributed by atoms with van der Waals surface area (Å²) in [5, 5.41) is 18.0. The largest absolute Gasteiger partial charge is 0.493 e. The standard InChI is InChI=1S/C22H21FN6O5/c1-11(27(2)3)25-20(30)13-6-17-21(29-10-24-26-19(13)29)28(22(31)32)7-14-15(23)4-5-16-18(14)12(8-33-16)9-34-17/h4-6,10,12H,7-9H2,1-3H3,(H,31,32)/b25-11-/t12-/m0/s1. The minimum absolute atomic E-state index is 0.0651. The zero-order chi connectivity index (χ0) is 24.1. The summed E-state index contributed by atoms with van der Waals surface area (Å²) < 4.78 is 28.0. The van der Waals surface area contributed by atoms with E-state index in [4.69, 9.17) is 9.47 Å². The van der Waals surface area contributed by atoms with Crippen LogP contribution in [0.5, 0.6) is 11.5 Å². The Morgan fingerprint density at radius 2 is 1.97 bits per heavy atom. The molecule has 2 aliphatic rings. The molecule has 4 heterocycles. The molecule has 11 nitrogen and oxygen atoms in total. The third-order valence-electron chi connectivity index (χ3n) is 6.00. The Labute approximate surface area is 193 Å².